The smallest absolute Gasteiger partial charge is 0.360 e. The Kier molecular flexibility index (Phi) is 7.80. The van der Waals surface area contributed by atoms with Crippen molar-refractivity contribution >= 4 is 52.1 Å². The Labute approximate surface area is 181 Å². The van der Waals surface area contributed by atoms with E-state index in [-0.39, 0.29) is 22.1 Å². The minimum Gasteiger partial charge on any atom is -0.476 e. The normalized spacial score (nSPS) is 11.4. The number of carbonyl (C=O) groups excluding carboxylic acids is 3. The van der Waals surface area contributed by atoms with Gasteiger partial charge in [-0.15, -0.1) is 11.3 Å². The van der Waals surface area contributed by atoms with Crippen LogP contribution in [0.4, 0.5) is 10.8 Å². The Balaban J connectivity index is 2.05. The van der Waals surface area contributed by atoms with Crippen molar-refractivity contribution in [1.29, 1.82) is 0 Å². The van der Waals surface area contributed by atoms with Crippen molar-refractivity contribution in [2.45, 2.75) is 26.4 Å². The molecule has 0 saturated carbocycles. The molecule has 2 aromatic rings. The van der Waals surface area contributed by atoms with Gasteiger partial charge in [-0.3, -0.25) is 9.59 Å². The highest BCUT2D eigenvalue weighted by atomic mass is 32.1. The third-order valence-corrected chi connectivity index (χ3v) is 4.08. The molecule has 0 atom stereocenters. The van der Waals surface area contributed by atoms with Gasteiger partial charge in [0.25, 0.3) is 5.91 Å². The van der Waals surface area contributed by atoms with E-state index in [4.69, 9.17) is 9.57 Å². The summed E-state index contributed by atoms with van der Waals surface area (Å²) < 4.78 is 5.31. The first-order chi connectivity index (χ1) is 14.6. The summed E-state index contributed by atoms with van der Waals surface area (Å²) in [6, 6.07) is 6.26. The van der Waals surface area contributed by atoms with E-state index in [2.05, 4.69) is 20.8 Å². The number of esters is 1. The number of nitrogens with zero attached hydrogens (tertiary/aromatic N) is 2. The number of ether oxygens (including phenoxy) is 1. The van der Waals surface area contributed by atoms with E-state index >= 15 is 0 Å². The monoisotopic (exact) mass is 448 g/mol. The molecule has 0 radical (unpaired) electrons. The van der Waals surface area contributed by atoms with Crippen molar-refractivity contribution < 1.29 is 33.9 Å². The summed E-state index contributed by atoms with van der Waals surface area (Å²) in [5.74, 6) is -2.72. The lowest BCUT2D eigenvalue weighted by Gasteiger charge is -2.20. The lowest BCUT2D eigenvalue weighted by atomic mass is 10.1. The number of nitrogens with one attached hydrogen (secondary N) is 2. The molecule has 0 aliphatic rings. The first kappa shape index (κ1) is 23.5. The first-order valence-corrected chi connectivity index (χ1v) is 9.70. The maximum Gasteiger partial charge on any atom is 0.360 e. The SMILES string of the molecule is CC(C)(C)OC(=O)c1ccccc1NC(=O)CO/N=C(/C(=O)O)c1csc(NC=O)n1. The summed E-state index contributed by atoms with van der Waals surface area (Å²) >= 11 is 0.993. The number of anilines is 2. The lowest BCUT2D eigenvalue weighted by molar-refractivity contribution is -0.130. The molecule has 12 heteroatoms. The molecule has 2 rings (SSSR count). The van der Waals surface area contributed by atoms with Crippen LogP contribution in [0.3, 0.4) is 0 Å². The van der Waals surface area contributed by atoms with E-state index in [0.29, 0.717) is 6.41 Å². The van der Waals surface area contributed by atoms with Gasteiger partial charge in [-0.05, 0) is 32.9 Å². The van der Waals surface area contributed by atoms with Crippen molar-refractivity contribution in [1.82, 2.24) is 4.98 Å². The number of para-hydroxylation sites is 1. The van der Waals surface area contributed by atoms with Crippen LogP contribution in [0.1, 0.15) is 36.8 Å². The number of thiazole rings is 1. The van der Waals surface area contributed by atoms with Gasteiger partial charge in [0, 0.05) is 5.38 Å². The molecular formula is C19H20N4O7S. The molecule has 11 nitrogen and oxygen atoms in total. The zero-order chi connectivity index (χ0) is 23.0. The van der Waals surface area contributed by atoms with Gasteiger partial charge in [-0.2, -0.15) is 0 Å². The highest BCUT2D eigenvalue weighted by Crippen LogP contribution is 2.20. The average molecular weight is 448 g/mol. The van der Waals surface area contributed by atoms with Crippen LogP contribution in [0.5, 0.6) is 0 Å². The number of hydrogen-bond donors (Lipinski definition) is 3. The number of aromatic nitrogens is 1. The number of carbonyl (C=O) groups is 4. The van der Waals surface area contributed by atoms with Crippen LogP contribution in [0.2, 0.25) is 0 Å². The number of amides is 2. The molecule has 3 N–H and O–H groups in total. The van der Waals surface area contributed by atoms with E-state index < -0.39 is 35.8 Å². The van der Waals surface area contributed by atoms with Crippen LogP contribution in [-0.2, 0) is 24.0 Å². The molecule has 1 aromatic carbocycles. The van der Waals surface area contributed by atoms with Crippen LogP contribution in [0, 0.1) is 0 Å². The topological polar surface area (TPSA) is 156 Å². The van der Waals surface area contributed by atoms with E-state index in [1.54, 1.807) is 32.9 Å². The van der Waals surface area contributed by atoms with Crippen molar-refractivity contribution in [2.75, 3.05) is 17.2 Å². The van der Waals surface area contributed by atoms with Crippen molar-refractivity contribution in [3.05, 3.63) is 40.9 Å². The summed E-state index contributed by atoms with van der Waals surface area (Å²) in [4.78, 5) is 55.0. The molecule has 1 heterocycles. The number of benzene rings is 1. The van der Waals surface area contributed by atoms with Crippen molar-refractivity contribution in [3.63, 3.8) is 0 Å². The second-order valence-electron chi connectivity index (χ2n) is 6.91. The maximum absolute atomic E-state index is 12.3. The van der Waals surface area contributed by atoms with E-state index in [0.717, 1.165) is 11.3 Å². The minimum atomic E-state index is -1.43. The summed E-state index contributed by atoms with van der Waals surface area (Å²) in [6.45, 7) is 4.54. The second-order valence-corrected chi connectivity index (χ2v) is 7.77. The van der Waals surface area contributed by atoms with Crippen LogP contribution in [0.25, 0.3) is 0 Å². The third kappa shape index (κ3) is 7.19. The third-order valence-electron chi connectivity index (χ3n) is 3.30. The van der Waals surface area contributed by atoms with Gasteiger partial charge in [0.1, 0.15) is 11.3 Å². The van der Waals surface area contributed by atoms with Crippen molar-refractivity contribution in [2.24, 2.45) is 5.16 Å². The average Bonchev–Trinajstić information content (AvgIpc) is 3.12. The van der Waals surface area contributed by atoms with Gasteiger partial charge in [0.2, 0.25) is 12.1 Å². The first-order valence-electron chi connectivity index (χ1n) is 8.82. The highest BCUT2D eigenvalue weighted by molar-refractivity contribution is 7.14. The van der Waals surface area contributed by atoms with E-state index in [1.807, 2.05) is 0 Å². The molecule has 0 spiro atoms. The molecule has 2 amide bonds. The zero-order valence-corrected chi connectivity index (χ0v) is 17.7. The highest BCUT2D eigenvalue weighted by Gasteiger charge is 2.21. The number of hydrogen-bond acceptors (Lipinski definition) is 9. The molecule has 0 unspecified atom stereocenters. The molecular weight excluding hydrogens is 428 g/mol. The number of carboxylic acids is 1. The molecule has 0 bridgehead atoms. The summed E-state index contributed by atoms with van der Waals surface area (Å²) in [6.07, 6.45) is 0.399. The number of oxime groups is 1. The van der Waals surface area contributed by atoms with Crippen molar-refractivity contribution in [3.8, 4) is 0 Å². The molecule has 164 valence electrons. The van der Waals surface area contributed by atoms with Crippen LogP contribution in [-0.4, -0.2) is 52.3 Å². The van der Waals surface area contributed by atoms with Crippen LogP contribution < -0.4 is 10.6 Å². The largest absolute Gasteiger partial charge is 0.476 e. The fourth-order valence-electron chi connectivity index (χ4n) is 2.14. The van der Waals surface area contributed by atoms with Gasteiger partial charge in [0.05, 0.1) is 11.3 Å². The Morgan fingerprint density at radius 3 is 2.61 bits per heavy atom. The van der Waals surface area contributed by atoms with Gasteiger partial charge in [-0.25, -0.2) is 14.6 Å². The van der Waals surface area contributed by atoms with Gasteiger partial charge < -0.3 is 25.3 Å². The predicted octanol–water partition coefficient (Wildman–Crippen LogP) is 2.11. The van der Waals surface area contributed by atoms with Gasteiger partial charge in [-0.1, -0.05) is 17.3 Å². The molecule has 31 heavy (non-hydrogen) atoms. The Hall–Kier alpha value is -3.80. The lowest BCUT2D eigenvalue weighted by Crippen LogP contribution is -2.25. The molecule has 0 aliphatic carbocycles. The molecule has 1 aromatic heterocycles. The minimum absolute atomic E-state index is 0.0440. The predicted molar refractivity (Wildman–Crippen MR) is 112 cm³/mol. The standard InChI is InChI=1S/C19H20N4O7S/c1-19(2,3)30-17(28)11-6-4-5-7-12(11)21-14(25)8-29-23-15(16(26)27)13-9-31-18(22-13)20-10-24/h4-7,9-10H,8H2,1-3H3,(H,21,25)(H,26,27)(H,20,22,24)/b23-15+. The molecule has 0 saturated heterocycles. The summed E-state index contributed by atoms with van der Waals surface area (Å²) in [5.41, 5.74) is -0.944. The zero-order valence-electron chi connectivity index (χ0n) is 16.9. The van der Waals surface area contributed by atoms with E-state index in [1.165, 1.54) is 17.5 Å². The number of rotatable bonds is 9. The second kappa shape index (κ2) is 10.3. The Bertz CT molecular complexity index is 1010. The number of carboxylic acid groups (broad SMARTS) is 1. The fraction of sp³-hybridized carbons (Fsp3) is 0.263. The maximum atomic E-state index is 12.3. The van der Waals surface area contributed by atoms with Gasteiger partial charge in [0.15, 0.2) is 11.7 Å². The quantitative estimate of drug-likeness (QED) is 0.228. The Morgan fingerprint density at radius 2 is 1.97 bits per heavy atom. The molecule has 0 aliphatic heterocycles. The van der Waals surface area contributed by atoms with Gasteiger partial charge >= 0.3 is 11.9 Å². The van der Waals surface area contributed by atoms with E-state index in [9.17, 15) is 24.3 Å². The fourth-order valence-corrected chi connectivity index (χ4v) is 2.79. The Morgan fingerprint density at radius 1 is 1.26 bits per heavy atom. The summed E-state index contributed by atoms with van der Waals surface area (Å²) in [7, 11) is 0. The van der Waals surface area contributed by atoms with Crippen LogP contribution >= 0.6 is 11.3 Å². The van der Waals surface area contributed by atoms with Crippen LogP contribution in [0.15, 0.2) is 34.8 Å². The molecule has 0 fully saturated rings. The number of aliphatic carboxylic acids is 1. The summed E-state index contributed by atoms with van der Waals surface area (Å²) in [5, 5.41) is 19.0.